The van der Waals surface area contributed by atoms with Crippen molar-refractivity contribution in [2.45, 2.75) is 13.1 Å². The van der Waals surface area contributed by atoms with Crippen molar-refractivity contribution < 1.29 is 32.2 Å². The van der Waals surface area contributed by atoms with Crippen LogP contribution in [0.15, 0.2) is 73.1 Å². The summed E-state index contributed by atoms with van der Waals surface area (Å²) in [6.45, 7) is 1.88. The fraction of sp³-hybridized carbons (Fsp3) is 0.120. The van der Waals surface area contributed by atoms with Crippen molar-refractivity contribution in [1.82, 2.24) is 9.97 Å². The highest BCUT2D eigenvalue weighted by atomic mass is 19.4. The highest BCUT2D eigenvalue weighted by Gasteiger charge is 2.30. The summed E-state index contributed by atoms with van der Waals surface area (Å²) in [4.78, 5) is 32.5. The molecule has 0 aliphatic carbocycles. The number of nitrogens with zero attached hydrogens (tertiary/aromatic N) is 2. The summed E-state index contributed by atoms with van der Waals surface area (Å²) >= 11 is 0. The average Bonchev–Trinajstić information content (AvgIpc) is 2.83. The fourth-order valence-corrected chi connectivity index (χ4v) is 3.33. The molecule has 1 heterocycles. The quantitative estimate of drug-likeness (QED) is 0.347. The Morgan fingerprint density at radius 2 is 1.77 bits per heavy atom. The molecule has 1 N–H and O–H groups in total. The van der Waals surface area contributed by atoms with Gasteiger partial charge in [0.1, 0.15) is 12.1 Å². The van der Waals surface area contributed by atoms with Gasteiger partial charge in [-0.15, -0.1) is 0 Å². The summed E-state index contributed by atoms with van der Waals surface area (Å²) in [7, 11) is 0. The van der Waals surface area contributed by atoms with E-state index in [1.807, 2.05) is 0 Å². The largest absolute Gasteiger partial charge is 0.461 e. The van der Waals surface area contributed by atoms with Gasteiger partial charge in [-0.2, -0.15) is 13.2 Å². The van der Waals surface area contributed by atoms with Crippen LogP contribution in [0.2, 0.25) is 0 Å². The minimum Gasteiger partial charge on any atom is -0.461 e. The summed E-state index contributed by atoms with van der Waals surface area (Å²) in [5, 5.41) is 3.73. The molecule has 7 nitrogen and oxygen atoms in total. The van der Waals surface area contributed by atoms with Gasteiger partial charge in [0.05, 0.1) is 12.2 Å². The number of fused-ring (bicyclic) bond motifs is 1. The molecule has 0 unspecified atom stereocenters. The number of hydrogen-bond donors (Lipinski definition) is 1. The zero-order valence-corrected chi connectivity index (χ0v) is 18.3. The third-order valence-electron chi connectivity index (χ3n) is 4.89. The zero-order chi connectivity index (χ0) is 25.0. The van der Waals surface area contributed by atoms with Crippen LogP contribution in [0.3, 0.4) is 0 Å². The first-order valence-electron chi connectivity index (χ1n) is 10.4. The number of hydrogen-bond acceptors (Lipinski definition) is 6. The van der Waals surface area contributed by atoms with Crippen LogP contribution in [0.4, 0.5) is 18.9 Å². The highest BCUT2D eigenvalue weighted by molar-refractivity contribution is 6.13. The van der Waals surface area contributed by atoms with Crippen molar-refractivity contribution in [3.05, 3.63) is 89.9 Å². The van der Waals surface area contributed by atoms with Crippen LogP contribution in [0.5, 0.6) is 11.6 Å². The molecule has 178 valence electrons. The number of halogens is 3. The molecule has 0 saturated carbocycles. The van der Waals surface area contributed by atoms with E-state index in [9.17, 15) is 22.8 Å². The second-order valence-corrected chi connectivity index (χ2v) is 7.29. The van der Waals surface area contributed by atoms with Gasteiger partial charge in [0.15, 0.2) is 5.69 Å². The first-order valence-corrected chi connectivity index (χ1v) is 10.4. The molecular weight excluding hydrogens is 463 g/mol. The number of nitrogens with one attached hydrogen (secondary N) is 1. The predicted octanol–water partition coefficient (Wildman–Crippen LogP) is 5.87. The van der Waals surface area contributed by atoms with Crippen LogP contribution >= 0.6 is 0 Å². The standard InChI is InChI=1S/C25H18F3N3O4/c1-2-34-24(33)21-13-22(30-14-29-21)35-18-9-10-19-15(11-18)5-3-8-20(19)23(32)31-17-7-4-6-16(12-17)25(26,27)28/h3-14H,2H2,1H3,(H,31,32). The van der Waals surface area contributed by atoms with Gasteiger partial charge in [-0.05, 0) is 60.2 Å². The van der Waals surface area contributed by atoms with Crippen LogP contribution < -0.4 is 10.1 Å². The molecule has 35 heavy (non-hydrogen) atoms. The van der Waals surface area contributed by atoms with E-state index >= 15 is 0 Å². The molecule has 0 bridgehead atoms. The van der Waals surface area contributed by atoms with E-state index in [1.54, 1.807) is 43.3 Å². The molecule has 4 aromatic rings. The SMILES string of the molecule is CCOC(=O)c1cc(Oc2ccc3c(C(=O)Nc4cccc(C(F)(F)F)c4)cccc3c2)ncn1. The number of carbonyl (C=O) groups is 2. The molecule has 1 aromatic heterocycles. The zero-order valence-electron chi connectivity index (χ0n) is 18.3. The molecule has 3 aromatic carbocycles. The smallest absolute Gasteiger partial charge is 0.416 e. The Morgan fingerprint density at radius 1 is 0.971 bits per heavy atom. The normalized spacial score (nSPS) is 11.2. The van der Waals surface area contributed by atoms with Crippen molar-refractivity contribution in [2.75, 3.05) is 11.9 Å². The molecule has 0 aliphatic heterocycles. The fourth-order valence-electron chi connectivity index (χ4n) is 3.33. The van der Waals surface area contributed by atoms with Crippen molar-refractivity contribution in [3.8, 4) is 11.6 Å². The summed E-state index contributed by atoms with van der Waals surface area (Å²) in [6, 6.07) is 15.7. The van der Waals surface area contributed by atoms with Crippen LogP contribution in [-0.2, 0) is 10.9 Å². The number of anilines is 1. The maximum Gasteiger partial charge on any atom is 0.416 e. The first-order chi connectivity index (χ1) is 16.7. The Hall–Kier alpha value is -4.47. The van der Waals surface area contributed by atoms with Crippen molar-refractivity contribution >= 4 is 28.3 Å². The molecule has 0 aliphatic rings. The van der Waals surface area contributed by atoms with Gasteiger partial charge in [-0.1, -0.05) is 18.2 Å². The maximum absolute atomic E-state index is 13.0. The van der Waals surface area contributed by atoms with Crippen LogP contribution in [0.25, 0.3) is 10.8 Å². The third kappa shape index (κ3) is 5.55. The minimum absolute atomic E-state index is 0.0305. The molecule has 1 amide bonds. The van der Waals surface area contributed by atoms with E-state index in [4.69, 9.17) is 9.47 Å². The molecule has 0 spiro atoms. The van der Waals surface area contributed by atoms with Gasteiger partial charge < -0.3 is 14.8 Å². The Balaban J connectivity index is 1.56. The molecule has 0 radical (unpaired) electrons. The van der Waals surface area contributed by atoms with Gasteiger partial charge in [-0.25, -0.2) is 14.8 Å². The van der Waals surface area contributed by atoms with E-state index in [0.717, 1.165) is 12.1 Å². The van der Waals surface area contributed by atoms with E-state index in [-0.39, 0.29) is 29.4 Å². The van der Waals surface area contributed by atoms with Gasteiger partial charge in [0.2, 0.25) is 5.88 Å². The van der Waals surface area contributed by atoms with Gasteiger partial charge >= 0.3 is 12.1 Å². The van der Waals surface area contributed by atoms with Crippen molar-refractivity contribution in [2.24, 2.45) is 0 Å². The van der Waals surface area contributed by atoms with Crippen molar-refractivity contribution in [3.63, 3.8) is 0 Å². The number of benzene rings is 3. The second-order valence-electron chi connectivity index (χ2n) is 7.29. The highest BCUT2D eigenvalue weighted by Crippen LogP contribution is 2.31. The lowest BCUT2D eigenvalue weighted by atomic mass is 10.0. The van der Waals surface area contributed by atoms with E-state index < -0.39 is 23.6 Å². The number of rotatable bonds is 6. The topological polar surface area (TPSA) is 90.4 Å². The lowest BCUT2D eigenvalue weighted by molar-refractivity contribution is -0.137. The Morgan fingerprint density at radius 3 is 2.54 bits per heavy atom. The second kappa shape index (κ2) is 9.80. The van der Waals surface area contributed by atoms with Gasteiger partial charge in [-0.3, -0.25) is 4.79 Å². The summed E-state index contributed by atoms with van der Waals surface area (Å²) in [6.07, 6.45) is -3.34. The molecule has 0 fully saturated rings. The van der Waals surface area contributed by atoms with Gasteiger partial charge in [0, 0.05) is 17.3 Å². The van der Waals surface area contributed by atoms with E-state index in [0.29, 0.717) is 16.5 Å². The molecule has 4 rings (SSSR count). The minimum atomic E-state index is -4.52. The van der Waals surface area contributed by atoms with Crippen LogP contribution in [0, 0.1) is 0 Å². The summed E-state index contributed by atoms with van der Waals surface area (Å²) in [5.41, 5.74) is -0.502. The van der Waals surface area contributed by atoms with Crippen LogP contribution in [0.1, 0.15) is 33.3 Å². The predicted molar refractivity (Wildman–Crippen MR) is 121 cm³/mol. The number of ether oxygens (including phenoxy) is 2. The van der Waals surface area contributed by atoms with E-state index in [2.05, 4.69) is 15.3 Å². The number of alkyl halides is 3. The Bertz CT molecular complexity index is 1410. The average molecular weight is 481 g/mol. The van der Waals surface area contributed by atoms with E-state index in [1.165, 1.54) is 24.5 Å². The molecule has 10 heteroatoms. The molecule has 0 saturated heterocycles. The third-order valence-corrected chi connectivity index (χ3v) is 4.89. The Kier molecular flexibility index (Phi) is 6.63. The van der Waals surface area contributed by atoms with Crippen LogP contribution in [-0.4, -0.2) is 28.5 Å². The van der Waals surface area contributed by atoms with Gasteiger partial charge in [0.25, 0.3) is 5.91 Å². The first kappa shape index (κ1) is 23.7. The lowest BCUT2D eigenvalue weighted by Gasteiger charge is -2.12. The number of esters is 1. The lowest BCUT2D eigenvalue weighted by Crippen LogP contribution is -2.13. The summed E-state index contributed by atoms with van der Waals surface area (Å²) < 4.78 is 49.6. The molecular formula is C25H18F3N3O4. The summed E-state index contributed by atoms with van der Waals surface area (Å²) in [5.74, 6) is -0.643. The molecule has 0 atom stereocenters. The monoisotopic (exact) mass is 481 g/mol. The number of carbonyl (C=O) groups excluding carboxylic acids is 2. The Labute approximate surface area is 197 Å². The van der Waals surface area contributed by atoms with Crippen molar-refractivity contribution in [1.29, 1.82) is 0 Å². The maximum atomic E-state index is 13.0. The number of aromatic nitrogens is 2. The number of amides is 1.